The third-order valence-electron chi connectivity index (χ3n) is 2.39. The van der Waals surface area contributed by atoms with Crippen molar-refractivity contribution in [3.63, 3.8) is 0 Å². The molecule has 1 aliphatic rings. The van der Waals surface area contributed by atoms with E-state index in [0.717, 1.165) is 5.82 Å². The number of rotatable bonds is 2. The number of carbonyl (C=O) groups is 2. The fourth-order valence-electron chi connectivity index (χ4n) is 1.49. The highest BCUT2D eigenvalue weighted by Crippen LogP contribution is 2.10. The van der Waals surface area contributed by atoms with Gasteiger partial charge in [0.05, 0.1) is 6.54 Å². The lowest BCUT2D eigenvalue weighted by molar-refractivity contribution is -0.140. The summed E-state index contributed by atoms with van der Waals surface area (Å²) >= 11 is 0. The zero-order chi connectivity index (χ0) is 10.1. The normalized spacial score (nSPS) is 16.8. The van der Waals surface area contributed by atoms with Crippen molar-refractivity contribution in [1.82, 2.24) is 14.5 Å². The van der Waals surface area contributed by atoms with Crippen LogP contribution in [0.4, 0.5) is 0 Å². The van der Waals surface area contributed by atoms with Gasteiger partial charge in [-0.1, -0.05) is 0 Å². The van der Waals surface area contributed by atoms with Crippen LogP contribution in [0.2, 0.25) is 0 Å². The number of ketones is 1. The lowest BCUT2D eigenvalue weighted by Gasteiger charge is -2.13. The minimum atomic E-state index is -0.381. The summed E-state index contributed by atoms with van der Waals surface area (Å²) in [4.78, 5) is 27.9. The number of hydrogen-bond donors (Lipinski definition) is 0. The molecule has 0 bridgehead atoms. The molecule has 0 atom stereocenters. The van der Waals surface area contributed by atoms with Crippen molar-refractivity contribution in [3.05, 3.63) is 18.2 Å². The van der Waals surface area contributed by atoms with Gasteiger partial charge in [-0.3, -0.25) is 9.59 Å². The molecule has 74 valence electrons. The lowest BCUT2D eigenvalue weighted by atomic mass is 10.3. The highest BCUT2D eigenvalue weighted by atomic mass is 16.2. The summed E-state index contributed by atoms with van der Waals surface area (Å²) in [6.45, 7) is 0.943. The van der Waals surface area contributed by atoms with Crippen LogP contribution in [0.1, 0.15) is 12.2 Å². The van der Waals surface area contributed by atoms with Gasteiger partial charge in [0.15, 0.2) is 0 Å². The van der Waals surface area contributed by atoms with Crippen molar-refractivity contribution in [2.24, 2.45) is 7.05 Å². The smallest absolute Gasteiger partial charge is 0.290 e. The predicted molar refractivity (Wildman–Crippen MR) is 48.2 cm³/mol. The van der Waals surface area contributed by atoms with Crippen molar-refractivity contribution in [1.29, 1.82) is 0 Å². The Morgan fingerprint density at radius 2 is 2.29 bits per heavy atom. The van der Waals surface area contributed by atoms with Crippen LogP contribution in [0.5, 0.6) is 0 Å². The van der Waals surface area contributed by atoms with E-state index in [-0.39, 0.29) is 11.7 Å². The van der Waals surface area contributed by atoms with Crippen molar-refractivity contribution < 1.29 is 9.59 Å². The summed E-state index contributed by atoms with van der Waals surface area (Å²) in [7, 11) is 1.87. The highest BCUT2D eigenvalue weighted by molar-refractivity contribution is 6.37. The third kappa shape index (κ3) is 1.41. The average Bonchev–Trinajstić information content (AvgIpc) is 2.68. The van der Waals surface area contributed by atoms with E-state index in [2.05, 4.69) is 4.98 Å². The second-order valence-electron chi connectivity index (χ2n) is 3.35. The van der Waals surface area contributed by atoms with Crippen LogP contribution in [0.3, 0.4) is 0 Å². The van der Waals surface area contributed by atoms with E-state index < -0.39 is 0 Å². The fourth-order valence-corrected chi connectivity index (χ4v) is 1.49. The van der Waals surface area contributed by atoms with Gasteiger partial charge in [0.25, 0.3) is 5.91 Å². The van der Waals surface area contributed by atoms with Gasteiger partial charge in [0.2, 0.25) is 5.78 Å². The SMILES string of the molecule is Cn1ccnc1CN1CCC(=O)C1=O. The van der Waals surface area contributed by atoms with Gasteiger partial charge in [-0.25, -0.2) is 4.98 Å². The van der Waals surface area contributed by atoms with Crippen LogP contribution in [0, 0.1) is 0 Å². The molecule has 1 aliphatic heterocycles. The molecule has 5 heteroatoms. The number of hydrogen-bond acceptors (Lipinski definition) is 3. The number of nitrogens with zero attached hydrogens (tertiary/aromatic N) is 3. The molecule has 14 heavy (non-hydrogen) atoms. The van der Waals surface area contributed by atoms with Gasteiger partial charge in [-0.2, -0.15) is 0 Å². The van der Waals surface area contributed by atoms with Gasteiger partial charge in [0.1, 0.15) is 5.82 Å². The maximum atomic E-state index is 11.3. The van der Waals surface area contributed by atoms with E-state index in [0.29, 0.717) is 19.5 Å². The summed E-state index contributed by atoms with van der Waals surface area (Å²) in [6, 6.07) is 0. The Bertz CT molecular complexity index is 383. The highest BCUT2D eigenvalue weighted by Gasteiger charge is 2.29. The summed E-state index contributed by atoms with van der Waals surface area (Å²) in [6.07, 6.45) is 3.83. The number of aromatic nitrogens is 2. The zero-order valence-corrected chi connectivity index (χ0v) is 7.93. The molecule has 1 aromatic rings. The molecule has 2 rings (SSSR count). The van der Waals surface area contributed by atoms with Gasteiger partial charge in [0, 0.05) is 32.4 Å². The molecule has 1 aromatic heterocycles. The van der Waals surface area contributed by atoms with Crippen molar-refractivity contribution in [2.75, 3.05) is 6.54 Å². The number of aryl methyl sites for hydroxylation is 1. The minimum Gasteiger partial charge on any atom is -0.337 e. The van der Waals surface area contributed by atoms with Crippen LogP contribution in [0.25, 0.3) is 0 Å². The topological polar surface area (TPSA) is 55.2 Å². The van der Waals surface area contributed by atoms with Crippen LogP contribution in [-0.2, 0) is 23.2 Å². The Kier molecular flexibility index (Phi) is 2.07. The second-order valence-corrected chi connectivity index (χ2v) is 3.35. The third-order valence-corrected chi connectivity index (χ3v) is 2.39. The van der Waals surface area contributed by atoms with Crippen molar-refractivity contribution in [2.45, 2.75) is 13.0 Å². The van der Waals surface area contributed by atoms with Crippen molar-refractivity contribution in [3.8, 4) is 0 Å². The first kappa shape index (κ1) is 8.93. The van der Waals surface area contributed by atoms with E-state index in [9.17, 15) is 9.59 Å². The molecule has 0 saturated carbocycles. The van der Waals surface area contributed by atoms with Crippen LogP contribution >= 0.6 is 0 Å². The van der Waals surface area contributed by atoms with Crippen LogP contribution in [-0.4, -0.2) is 32.7 Å². The molecule has 1 fully saturated rings. The Labute approximate surface area is 81.3 Å². The number of likely N-dealkylation sites (tertiary alicyclic amines) is 1. The standard InChI is InChI=1S/C9H11N3O2/c1-11-5-3-10-8(11)6-12-4-2-7(13)9(12)14/h3,5H,2,4,6H2,1H3. The summed E-state index contributed by atoms with van der Waals surface area (Å²) < 4.78 is 1.84. The Hall–Kier alpha value is -1.65. The number of amides is 1. The van der Waals surface area contributed by atoms with Gasteiger partial charge < -0.3 is 9.47 Å². The second kappa shape index (κ2) is 3.25. The molecule has 5 nitrogen and oxygen atoms in total. The molecular formula is C9H11N3O2. The predicted octanol–water partition coefficient (Wildman–Crippen LogP) is -0.279. The van der Waals surface area contributed by atoms with Crippen molar-refractivity contribution >= 4 is 11.7 Å². The molecule has 2 heterocycles. The molecule has 0 aromatic carbocycles. The van der Waals surface area contributed by atoms with E-state index >= 15 is 0 Å². The monoisotopic (exact) mass is 193 g/mol. The molecule has 0 aliphatic carbocycles. The molecule has 0 N–H and O–H groups in total. The van der Waals surface area contributed by atoms with E-state index in [1.807, 2.05) is 17.8 Å². The molecular weight excluding hydrogens is 182 g/mol. The summed E-state index contributed by atoms with van der Waals surface area (Å²) in [5.41, 5.74) is 0. The van der Waals surface area contributed by atoms with Gasteiger partial charge >= 0.3 is 0 Å². The first-order chi connectivity index (χ1) is 6.68. The quantitative estimate of drug-likeness (QED) is 0.607. The first-order valence-corrected chi connectivity index (χ1v) is 4.47. The Morgan fingerprint density at radius 3 is 2.79 bits per heavy atom. The van der Waals surface area contributed by atoms with Gasteiger partial charge in [-0.05, 0) is 0 Å². The number of Topliss-reactive ketones (excluding diaryl/α,β-unsaturated/α-hetero) is 1. The maximum absolute atomic E-state index is 11.3. The van der Waals surface area contributed by atoms with Crippen LogP contribution in [0.15, 0.2) is 12.4 Å². The Balaban J connectivity index is 2.09. The Morgan fingerprint density at radius 1 is 1.50 bits per heavy atom. The number of carbonyl (C=O) groups excluding carboxylic acids is 2. The van der Waals surface area contributed by atoms with E-state index in [1.165, 1.54) is 4.90 Å². The van der Waals surface area contributed by atoms with E-state index in [1.54, 1.807) is 6.20 Å². The summed E-state index contributed by atoms with van der Waals surface area (Å²) in [5.74, 6) is 0.125. The molecule has 0 radical (unpaired) electrons. The molecule has 0 spiro atoms. The average molecular weight is 193 g/mol. The van der Waals surface area contributed by atoms with E-state index in [4.69, 9.17) is 0 Å². The molecule has 1 saturated heterocycles. The zero-order valence-electron chi connectivity index (χ0n) is 7.93. The summed E-state index contributed by atoms with van der Waals surface area (Å²) in [5, 5.41) is 0. The fraction of sp³-hybridized carbons (Fsp3) is 0.444. The largest absolute Gasteiger partial charge is 0.337 e. The number of imidazole rings is 1. The first-order valence-electron chi connectivity index (χ1n) is 4.47. The lowest BCUT2D eigenvalue weighted by Crippen LogP contribution is -2.28. The minimum absolute atomic E-state index is 0.292. The van der Waals surface area contributed by atoms with Gasteiger partial charge in [-0.15, -0.1) is 0 Å². The maximum Gasteiger partial charge on any atom is 0.290 e. The molecule has 1 amide bonds. The van der Waals surface area contributed by atoms with Crippen LogP contribution < -0.4 is 0 Å². The molecule has 0 unspecified atom stereocenters.